The molecule has 2 aromatic carbocycles. The van der Waals surface area contributed by atoms with Gasteiger partial charge in [-0.25, -0.2) is 0 Å². The van der Waals surface area contributed by atoms with Crippen molar-refractivity contribution in [3.8, 4) is 5.75 Å². The highest BCUT2D eigenvalue weighted by Gasteiger charge is 2.38. The maximum atomic E-state index is 12.6. The number of halogens is 1. The fraction of sp³-hybridized carbons (Fsp3) is 0.409. The van der Waals surface area contributed by atoms with E-state index in [1.54, 1.807) is 0 Å². The van der Waals surface area contributed by atoms with Crippen molar-refractivity contribution >= 4 is 17.5 Å². The molecule has 1 atom stereocenters. The minimum atomic E-state index is -0.206. The Balaban J connectivity index is 1.69. The van der Waals surface area contributed by atoms with Crippen LogP contribution in [0.4, 0.5) is 0 Å². The molecule has 0 aromatic heterocycles. The lowest BCUT2D eigenvalue weighted by Crippen LogP contribution is -2.44. The number of carbonyl (C=O) groups is 1. The SMILES string of the molecule is CCC1(CC)CC(NC(=O)CCc2ccc(Cl)cc2)c2ccccc2O1. The number of hydrogen-bond donors (Lipinski definition) is 1. The molecule has 138 valence electrons. The van der Waals surface area contributed by atoms with E-state index in [1.807, 2.05) is 42.5 Å². The van der Waals surface area contributed by atoms with Crippen LogP contribution in [0.1, 0.15) is 56.7 Å². The van der Waals surface area contributed by atoms with Gasteiger partial charge in [0, 0.05) is 23.4 Å². The van der Waals surface area contributed by atoms with E-state index in [9.17, 15) is 4.79 Å². The van der Waals surface area contributed by atoms with Crippen LogP contribution in [0.2, 0.25) is 5.02 Å². The molecule has 3 nitrogen and oxygen atoms in total. The Labute approximate surface area is 160 Å². The molecule has 0 radical (unpaired) electrons. The third-order valence-corrected chi connectivity index (χ3v) is 5.63. The average molecular weight is 372 g/mol. The van der Waals surface area contributed by atoms with Gasteiger partial charge in [0.05, 0.1) is 6.04 Å². The maximum Gasteiger partial charge on any atom is 0.220 e. The van der Waals surface area contributed by atoms with Crippen molar-refractivity contribution in [2.45, 2.75) is 57.6 Å². The van der Waals surface area contributed by atoms with Crippen molar-refractivity contribution in [3.05, 3.63) is 64.7 Å². The Morgan fingerprint density at radius 2 is 1.85 bits per heavy atom. The molecule has 1 aliphatic rings. The van der Waals surface area contributed by atoms with E-state index < -0.39 is 0 Å². The monoisotopic (exact) mass is 371 g/mol. The summed E-state index contributed by atoms with van der Waals surface area (Å²) >= 11 is 5.91. The van der Waals surface area contributed by atoms with Crippen molar-refractivity contribution in [1.29, 1.82) is 0 Å². The molecule has 4 heteroatoms. The summed E-state index contributed by atoms with van der Waals surface area (Å²) in [5, 5.41) is 3.95. The number of hydrogen-bond acceptors (Lipinski definition) is 2. The minimum Gasteiger partial charge on any atom is -0.487 e. The van der Waals surface area contributed by atoms with Gasteiger partial charge in [0.2, 0.25) is 5.91 Å². The van der Waals surface area contributed by atoms with Gasteiger partial charge in [-0.15, -0.1) is 0 Å². The van der Waals surface area contributed by atoms with E-state index in [2.05, 4.69) is 25.2 Å². The molecule has 1 N–H and O–H groups in total. The lowest BCUT2D eigenvalue weighted by molar-refractivity contribution is -0.122. The third kappa shape index (κ3) is 4.21. The van der Waals surface area contributed by atoms with Crippen molar-refractivity contribution in [1.82, 2.24) is 5.32 Å². The summed E-state index contributed by atoms with van der Waals surface area (Å²) in [6.45, 7) is 4.30. The molecule has 0 bridgehead atoms. The molecular formula is C22H26ClNO2. The zero-order chi connectivity index (χ0) is 18.6. The highest BCUT2D eigenvalue weighted by atomic mass is 35.5. The van der Waals surface area contributed by atoms with Crippen LogP contribution in [-0.4, -0.2) is 11.5 Å². The van der Waals surface area contributed by atoms with E-state index in [0.29, 0.717) is 17.9 Å². The zero-order valence-corrected chi connectivity index (χ0v) is 16.2. The summed E-state index contributed by atoms with van der Waals surface area (Å²) in [7, 11) is 0. The summed E-state index contributed by atoms with van der Waals surface area (Å²) in [6.07, 6.45) is 3.83. The van der Waals surface area contributed by atoms with Crippen molar-refractivity contribution in [3.63, 3.8) is 0 Å². The average Bonchev–Trinajstić information content (AvgIpc) is 2.67. The number of aryl methyl sites for hydroxylation is 1. The van der Waals surface area contributed by atoms with Crippen molar-refractivity contribution < 1.29 is 9.53 Å². The zero-order valence-electron chi connectivity index (χ0n) is 15.4. The number of benzene rings is 2. The normalized spacial score (nSPS) is 17.9. The number of ether oxygens (including phenoxy) is 1. The molecule has 1 aliphatic heterocycles. The molecule has 0 spiro atoms. The standard InChI is InChI=1S/C22H26ClNO2/c1-3-22(4-2)15-19(18-7-5-6-8-20(18)26-22)24-21(25)14-11-16-9-12-17(23)13-10-16/h5-10,12-13,19H,3-4,11,14-15H2,1-2H3,(H,24,25). The van der Waals surface area contributed by atoms with Crippen LogP contribution in [-0.2, 0) is 11.2 Å². The van der Waals surface area contributed by atoms with Gasteiger partial charge in [-0.3, -0.25) is 4.79 Å². The van der Waals surface area contributed by atoms with Crippen LogP contribution < -0.4 is 10.1 Å². The Morgan fingerprint density at radius 1 is 1.15 bits per heavy atom. The van der Waals surface area contributed by atoms with E-state index in [1.165, 1.54) is 0 Å². The molecule has 0 saturated heterocycles. The minimum absolute atomic E-state index is 0.00225. The summed E-state index contributed by atoms with van der Waals surface area (Å²) in [6, 6.07) is 15.7. The maximum absolute atomic E-state index is 12.6. The molecule has 2 aromatic rings. The number of nitrogens with one attached hydrogen (secondary N) is 1. The van der Waals surface area contributed by atoms with Crippen molar-refractivity contribution in [2.24, 2.45) is 0 Å². The lowest BCUT2D eigenvalue weighted by atomic mass is 9.83. The summed E-state index contributed by atoms with van der Waals surface area (Å²) in [5.74, 6) is 0.966. The molecule has 0 fully saturated rings. The van der Waals surface area contributed by atoms with Gasteiger partial charge in [0.25, 0.3) is 0 Å². The number of para-hydroxylation sites is 1. The van der Waals surface area contributed by atoms with E-state index in [0.717, 1.165) is 36.1 Å². The van der Waals surface area contributed by atoms with Crippen LogP contribution in [0, 0.1) is 0 Å². The Bertz CT molecular complexity index is 753. The second-order valence-corrected chi connectivity index (χ2v) is 7.42. The smallest absolute Gasteiger partial charge is 0.220 e. The molecule has 0 saturated carbocycles. The van der Waals surface area contributed by atoms with Crippen LogP contribution in [0.25, 0.3) is 0 Å². The van der Waals surface area contributed by atoms with Crippen LogP contribution in [0.15, 0.2) is 48.5 Å². The van der Waals surface area contributed by atoms with Gasteiger partial charge in [0.1, 0.15) is 11.4 Å². The molecule has 0 aliphatic carbocycles. The van der Waals surface area contributed by atoms with E-state index >= 15 is 0 Å². The Morgan fingerprint density at radius 3 is 2.54 bits per heavy atom. The van der Waals surface area contributed by atoms with Gasteiger partial charge in [-0.1, -0.05) is 55.8 Å². The van der Waals surface area contributed by atoms with Gasteiger partial charge in [0.15, 0.2) is 0 Å². The largest absolute Gasteiger partial charge is 0.487 e. The summed E-state index contributed by atoms with van der Waals surface area (Å²) in [4.78, 5) is 12.6. The Kier molecular flexibility index (Phi) is 5.87. The first kappa shape index (κ1) is 18.8. The number of fused-ring (bicyclic) bond motifs is 1. The second kappa shape index (κ2) is 8.13. The predicted octanol–water partition coefficient (Wildman–Crippen LogP) is 5.47. The van der Waals surface area contributed by atoms with Crippen LogP contribution in [0.5, 0.6) is 5.75 Å². The van der Waals surface area contributed by atoms with Crippen LogP contribution >= 0.6 is 11.6 Å². The highest BCUT2D eigenvalue weighted by molar-refractivity contribution is 6.30. The number of rotatable bonds is 6. The first-order valence-corrected chi connectivity index (χ1v) is 9.75. The molecule has 1 amide bonds. The van der Waals surface area contributed by atoms with Gasteiger partial charge in [-0.2, -0.15) is 0 Å². The third-order valence-electron chi connectivity index (χ3n) is 5.37. The highest BCUT2D eigenvalue weighted by Crippen LogP contribution is 2.42. The van der Waals surface area contributed by atoms with Gasteiger partial charge >= 0.3 is 0 Å². The summed E-state index contributed by atoms with van der Waals surface area (Å²) < 4.78 is 6.31. The van der Waals surface area contributed by atoms with E-state index in [-0.39, 0.29) is 17.6 Å². The molecule has 1 unspecified atom stereocenters. The van der Waals surface area contributed by atoms with E-state index in [4.69, 9.17) is 16.3 Å². The first-order valence-electron chi connectivity index (χ1n) is 9.37. The summed E-state index contributed by atoms with van der Waals surface area (Å²) in [5.41, 5.74) is 1.99. The Hall–Kier alpha value is -2.00. The van der Waals surface area contributed by atoms with Crippen LogP contribution in [0.3, 0.4) is 0 Å². The quantitative estimate of drug-likeness (QED) is 0.731. The predicted molar refractivity (Wildman–Crippen MR) is 106 cm³/mol. The topological polar surface area (TPSA) is 38.3 Å². The lowest BCUT2D eigenvalue weighted by Gasteiger charge is -2.41. The molecular weight excluding hydrogens is 346 g/mol. The van der Waals surface area contributed by atoms with Gasteiger partial charge in [-0.05, 0) is 43.0 Å². The first-order chi connectivity index (χ1) is 12.5. The fourth-order valence-corrected chi connectivity index (χ4v) is 3.73. The molecule has 1 heterocycles. The van der Waals surface area contributed by atoms with Gasteiger partial charge < -0.3 is 10.1 Å². The van der Waals surface area contributed by atoms with Crippen molar-refractivity contribution in [2.75, 3.05) is 0 Å². The fourth-order valence-electron chi connectivity index (χ4n) is 3.61. The molecule has 26 heavy (non-hydrogen) atoms. The number of carbonyl (C=O) groups excluding carboxylic acids is 1. The number of amides is 1. The second-order valence-electron chi connectivity index (χ2n) is 6.98. The molecule has 3 rings (SSSR count).